The summed E-state index contributed by atoms with van der Waals surface area (Å²) < 4.78 is 43.0. The Morgan fingerprint density at radius 1 is 0.911 bits per heavy atom. The summed E-state index contributed by atoms with van der Waals surface area (Å²) in [5.74, 6) is 0.227. The molecule has 316 valence electrons. The van der Waals surface area contributed by atoms with Crippen molar-refractivity contribution in [1.82, 2.24) is 14.6 Å². The molecule has 1 saturated heterocycles. The summed E-state index contributed by atoms with van der Waals surface area (Å²) in [5, 5.41) is 27.0. The van der Waals surface area contributed by atoms with Crippen molar-refractivity contribution in [2.24, 2.45) is 0 Å². The van der Waals surface area contributed by atoms with E-state index in [1.54, 1.807) is 37.3 Å². The maximum absolute atomic E-state index is 13.0. The van der Waals surface area contributed by atoms with E-state index >= 15 is 0 Å². The first kappa shape index (κ1) is 46.8. The number of fused-ring (bicyclic) bond motifs is 1. The fourth-order valence-corrected chi connectivity index (χ4v) is 8.22. The van der Waals surface area contributed by atoms with Gasteiger partial charge in [-0.05, 0) is 43.2 Å². The maximum atomic E-state index is 13.0. The Hall–Kier alpha value is -1.87. The molecule has 1 fully saturated rings. The first-order valence-corrected chi connectivity index (χ1v) is 22.6. The van der Waals surface area contributed by atoms with Gasteiger partial charge < -0.3 is 35.1 Å². The predicted octanol–water partition coefficient (Wildman–Crippen LogP) is 8.95. The average Bonchev–Trinajstić information content (AvgIpc) is 3.71. The molecule has 56 heavy (non-hydrogen) atoms. The molecule has 0 spiro atoms. The van der Waals surface area contributed by atoms with Gasteiger partial charge in [0.25, 0.3) is 0 Å². The number of anilines is 1. The zero-order valence-electron chi connectivity index (χ0n) is 33.0. The minimum absolute atomic E-state index is 0.0899. The Kier molecular flexibility index (Phi) is 20.3. The molecule has 13 nitrogen and oxygen atoms in total. The number of nitrogens with two attached hydrogens (primary N) is 1. The lowest BCUT2D eigenvalue weighted by Gasteiger charge is -2.27. The number of benzene rings is 1. The highest BCUT2D eigenvalue weighted by molar-refractivity contribution is 7.47. The fourth-order valence-electron chi connectivity index (χ4n) is 7.00. The van der Waals surface area contributed by atoms with E-state index in [2.05, 4.69) is 17.0 Å². The van der Waals surface area contributed by atoms with E-state index in [9.17, 15) is 19.7 Å². The molecule has 16 heteroatoms. The van der Waals surface area contributed by atoms with Gasteiger partial charge in [0, 0.05) is 16.7 Å². The van der Waals surface area contributed by atoms with Gasteiger partial charge in [0.2, 0.25) is 0 Å². The molecule has 1 aromatic carbocycles. The number of nitrogens with zero attached hydrogens (tertiary/aromatic N) is 3. The van der Waals surface area contributed by atoms with Gasteiger partial charge in [0.15, 0.2) is 5.82 Å². The van der Waals surface area contributed by atoms with Crippen molar-refractivity contribution in [2.45, 2.75) is 153 Å². The number of aliphatic hydroxyl groups excluding tert-OH is 2. The molecule has 1 aliphatic rings. The highest BCUT2D eigenvalue weighted by Gasteiger charge is 2.54. The molecule has 3 heterocycles. The molecule has 3 aromatic rings. The quantitative estimate of drug-likeness (QED) is 0.0386. The number of aliphatic hydroxyl groups is 2. The molecular formula is C40H63Cl2N4O9P. The van der Waals surface area contributed by atoms with E-state index in [4.69, 9.17) is 52.2 Å². The normalized spacial score (nSPS) is 21.5. The topological polar surface area (TPSA) is 180 Å². The smallest absolute Gasteiger partial charge is 0.387 e. The summed E-state index contributed by atoms with van der Waals surface area (Å²) in [7, 11) is -4.68. The van der Waals surface area contributed by atoms with Crippen LogP contribution in [0.4, 0.5) is 5.82 Å². The van der Waals surface area contributed by atoms with Gasteiger partial charge in [0.1, 0.15) is 41.9 Å². The van der Waals surface area contributed by atoms with E-state index in [1.165, 1.54) is 94.3 Å². The average molecular weight is 846 g/mol. The molecule has 4 rings (SSSR count). The van der Waals surface area contributed by atoms with Crippen molar-refractivity contribution in [1.29, 1.82) is 0 Å². The van der Waals surface area contributed by atoms with Crippen LogP contribution >= 0.6 is 31.0 Å². The van der Waals surface area contributed by atoms with Crippen molar-refractivity contribution in [3.05, 3.63) is 58.0 Å². The van der Waals surface area contributed by atoms with Crippen molar-refractivity contribution >= 4 is 42.4 Å². The monoisotopic (exact) mass is 844 g/mol. The lowest BCUT2D eigenvalue weighted by atomic mass is 9.93. The molecule has 6 atom stereocenters. The van der Waals surface area contributed by atoms with Crippen LogP contribution in [0.15, 0.2) is 36.7 Å². The van der Waals surface area contributed by atoms with Crippen LogP contribution in [0.1, 0.15) is 128 Å². The van der Waals surface area contributed by atoms with Crippen LogP contribution < -0.4 is 5.73 Å². The van der Waals surface area contributed by atoms with E-state index in [-0.39, 0.29) is 25.6 Å². The number of nitrogen functional groups attached to an aromatic ring is 1. The lowest BCUT2D eigenvalue weighted by molar-refractivity contribution is -0.0901. The number of phosphoric acid groups is 1. The first-order valence-electron chi connectivity index (χ1n) is 20.3. The largest absolute Gasteiger partial charge is 0.472 e. The second kappa shape index (κ2) is 24.3. The van der Waals surface area contributed by atoms with Crippen LogP contribution in [0, 0.1) is 0 Å². The number of aromatic nitrogens is 3. The minimum atomic E-state index is -4.68. The highest BCUT2D eigenvalue weighted by Crippen LogP contribution is 2.46. The van der Waals surface area contributed by atoms with Gasteiger partial charge in [-0.1, -0.05) is 133 Å². The van der Waals surface area contributed by atoms with Gasteiger partial charge in [-0.25, -0.2) is 14.1 Å². The molecule has 0 bridgehead atoms. The van der Waals surface area contributed by atoms with Gasteiger partial charge in [-0.3, -0.25) is 9.05 Å². The number of rotatable bonds is 29. The van der Waals surface area contributed by atoms with E-state index in [1.807, 2.05) is 0 Å². The maximum Gasteiger partial charge on any atom is 0.472 e. The van der Waals surface area contributed by atoms with Crippen molar-refractivity contribution in [2.75, 3.05) is 32.2 Å². The Morgan fingerprint density at radius 2 is 1.54 bits per heavy atom. The summed E-state index contributed by atoms with van der Waals surface area (Å²) in [6.07, 6.45) is 17.0. The molecule has 2 aromatic heterocycles. The van der Waals surface area contributed by atoms with Crippen LogP contribution in [0.2, 0.25) is 10.0 Å². The third kappa shape index (κ3) is 14.7. The van der Waals surface area contributed by atoms with E-state index in [0.29, 0.717) is 33.4 Å². The third-order valence-corrected chi connectivity index (χ3v) is 12.0. The Labute approximate surface area is 342 Å². The van der Waals surface area contributed by atoms with Crippen molar-refractivity contribution in [3.63, 3.8) is 0 Å². The van der Waals surface area contributed by atoms with Crippen LogP contribution in [0.3, 0.4) is 0 Å². The molecule has 2 unspecified atom stereocenters. The van der Waals surface area contributed by atoms with Crippen LogP contribution in [0.25, 0.3) is 5.52 Å². The molecular weight excluding hydrogens is 782 g/mol. The van der Waals surface area contributed by atoms with Gasteiger partial charge in [0.05, 0.1) is 32.1 Å². The SMILES string of the molecule is CCCCCCCCCCCCCCCCCCOC[C@H](COP(=O)(O)OCC1O[C@@](C)(c2ccc3c(N)ncnn23)[C@H](O)[C@@H]1O)OCc1ccc(Cl)cc1Cl. The van der Waals surface area contributed by atoms with E-state index in [0.717, 1.165) is 19.3 Å². The summed E-state index contributed by atoms with van der Waals surface area (Å²) in [4.78, 5) is 14.6. The highest BCUT2D eigenvalue weighted by atomic mass is 35.5. The van der Waals surface area contributed by atoms with Crippen molar-refractivity contribution < 1.29 is 42.9 Å². The molecule has 0 aliphatic carbocycles. The minimum Gasteiger partial charge on any atom is -0.387 e. The van der Waals surface area contributed by atoms with Crippen LogP contribution in [-0.4, -0.2) is 80.5 Å². The van der Waals surface area contributed by atoms with Crippen LogP contribution in [-0.2, 0) is 40.0 Å². The third-order valence-electron chi connectivity index (χ3n) is 10.4. The number of hydrogen-bond donors (Lipinski definition) is 4. The fraction of sp³-hybridized carbons (Fsp3) is 0.700. The number of hydrogen-bond acceptors (Lipinski definition) is 11. The summed E-state index contributed by atoms with van der Waals surface area (Å²) in [5.41, 5.74) is 6.08. The number of halogens is 2. The Balaban J connectivity index is 1.16. The summed E-state index contributed by atoms with van der Waals surface area (Å²) in [6, 6.07) is 8.38. The number of phosphoric ester groups is 1. The zero-order valence-corrected chi connectivity index (χ0v) is 35.4. The standard InChI is InChI=1S/C40H63Cl2N4O9P/c1-3-4-5-6-7-8-9-10-11-12-13-14-15-16-17-18-23-51-26-32(52-25-30-19-20-31(41)24-33(30)42)27-53-56(49,50)54-28-35-37(47)38(48)40(2,55-35)36-22-21-34-39(43)44-29-45-46(34)36/h19-22,24,29,32,35,37-38,47-48H,3-18,23,25-28H2,1-2H3,(H,49,50)(H2,43,44,45)/t32-,35?,37-,38-,40+/m1/s1. The van der Waals surface area contributed by atoms with Gasteiger partial charge >= 0.3 is 7.82 Å². The second-order valence-corrected chi connectivity index (χ2v) is 17.3. The second-order valence-electron chi connectivity index (χ2n) is 15.0. The zero-order chi connectivity index (χ0) is 40.4. The van der Waals surface area contributed by atoms with Crippen molar-refractivity contribution in [3.8, 4) is 0 Å². The van der Waals surface area contributed by atoms with Gasteiger partial charge in [-0.15, -0.1) is 0 Å². The molecule has 0 amide bonds. The predicted molar refractivity (Wildman–Crippen MR) is 219 cm³/mol. The first-order chi connectivity index (χ1) is 26.9. The van der Waals surface area contributed by atoms with E-state index < -0.39 is 44.4 Å². The van der Waals surface area contributed by atoms with Gasteiger partial charge in [-0.2, -0.15) is 5.10 Å². The number of unbranched alkanes of at least 4 members (excludes halogenated alkanes) is 15. The molecule has 5 N–H and O–H groups in total. The molecule has 1 aliphatic heterocycles. The summed E-state index contributed by atoms with van der Waals surface area (Å²) in [6.45, 7) is 3.67. The van der Waals surface area contributed by atoms with Crippen LogP contribution in [0.5, 0.6) is 0 Å². The Morgan fingerprint density at radius 3 is 2.16 bits per heavy atom. The molecule has 0 saturated carbocycles. The number of ether oxygens (including phenoxy) is 3. The molecule has 0 radical (unpaired) electrons. The summed E-state index contributed by atoms with van der Waals surface area (Å²) >= 11 is 12.4. The lowest BCUT2D eigenvalue weighted by Crippen LogP contribution is -2.39. The Bertz CT molecular complexity index is 1640.